The molecule has 5 heteroatoms. The van der Waals surface area contributed by atoms with Crippen molar-refractivity contribution < 1.29 is 14.0 Å². The summed E-state index contributed by atoms with van der Waals surface area (Å²) >= 11 is 0. The summed E-state index contributed by atoms with van der Waals surface area (Å²) in [5, 5.41) is 2.79. The zero-order chi connectivity index (χ0) is 15.6. The fraction of sp³-hybridized carbons (Fsp3) is 0.500. The molecule has 1 N–H and O–H groups in total. The van der Waals surface area contributed by atoms with E-state index in [1.54, 1.807) is 17.0 Å². The molecule has 21 heavy (non-hydrogen) atoms. The molecule has 2 rings (SSSR count). The molecule has 1 fully saturated rings. The minimum atomic E-state index is -0.497. The molecule has 0 spiro atoms. The fourth-order valence-electron chi connectivity index (χ4n) is 2.54. The first kappa shape index (κ1) is 15.5. The first-order chi connectivity index (χ1) is 9.88. The van der Waals surface area contributed by atoms with Crippen molar-refractivity contribution in [2.24, 2.45) is 5.92 Å². The van der Waals surface area contributed by atoms with E-state index in [1.165, 1.54) is 12.1 Å². The van der Waals surface area contributed by atoms with Gasteiger partial charge in [0.05, 0.1) is 0 Å². The van der Waals surface area contributed by atoms with Crippen molar-refractivity contribution in [2.75, 3.05) is 0 Å². The summed E-state index contributed by atoms with van der Waals surface area (Å²) in [6.45, 7) is 6.08. The van der Waals surface area contributed by atoms with Crippen LogP contribution in [-0.2, 0) is 16.1 Å². The second-order valence-electron chi connectivity index (χ2n) is 5.93. The summed E-state index contributed by atoms with van der Waals surface area (Å²) in [7, 11) is 0. The van der Waals surface area contributed by atoms with Crippen molar-refractivity contribution in [1.29, 1.82) is 0 Å². The third-order valence-electron chi connectivity index (χ3n) is 3.81. The summed E-state index contributed by atoms with van der Waals surface area (Å²) in [6.07, 6.45) is 0.288. The van der Waals surface area contributed by atoms with Gasteiger partial charge in [0.25, 0.3) is 0 Å². The Morgan fingerprint density at radius 2 is 1.90 bits per heavy atom. The van der Waals surface area contributed by atoms with Gasteiger partial charge in [-0.1, -0.05) is 26.0 Å². The number of nitrogens with zero attached hydrogens (tertiary/aromatic N) is 1. The van der Waals surface area contributed by atoms with Crippen LogP contribution in [0.25, 0.3) is 0 Å². The van der Waals surface area contributed by atoms with Crippen LogP contribution in [0.2, 0.25) is 0 Å². The van der Waals surface area contributed by atoms with Gasteiger partial charge in [-0.2, -0.15) is 0 Å². The molecule has 2 atom stereocenters. The summed E-state index contributed by atoms with van der Waals surface area (Å²) in [5.41, 5.74) is 0.855. The van der Waals surface area contributed by atoms with Gasteiger partial charge in [-0.05, 0) is 30.5 Å². The average Bonchev–Trinajstić information content (AvgIpc) is 2.52. The van der Waals surface area contributed by atoms with Gasteiger partial charge in [0.2, 0.25) is 11.8 Å². The van der Waals surface area contributed by atoms with Crippen LogP contribution in [0.3, 0.4) is 0 Å². The highest BCUT2D eigenvalue weighted by Gasteiger charge is 2.35. The largest absolute Gasteiger partial charge is 0.344 e. The van der Waals surface area contributed by atoms with Crippen LogP contribution in [-0.4, -0.2) is 28.8 Å². The molecule has 1 saturated heterocycles. The summed E-state index contributed by atoms with van der Waals surface area (Å²) in [6, 6.07) is 5.42. The SMILES string of the molecule is CC(C)C1NC(=O)CC(C)N(Cc2ccc(F)cc2)C1=O. The maximum Gasteiger partial charge on any atom is 0.245 e. The van der Waals surface area contributed by atoms with Gasteiger partial charge < -0.3 is 10.2 Å². The van der Waals surface area contributed by atoms with Gasteiger partial charge in [0.1, 0.15) is 11.9 Å². The predicted octanol–water partition coefficient (Wildman–Crippen LogP) is 2.09. The molecular formula is C16H21FN2O2. The van der Waals surface area contributed by atoms with E-state index < -0.39 is 6.04 Å². The molecule has 1 aliphatic rings. The second-order valence-corrected chi connectivity index (χ2v) is 5.93. The molecule has 0 aromatic heterocycles. The van der Waals surface area contributed by atoms with Crippen LogP contribution >= 0.6 is 0 Å². The highest BCUT2D eigenvalue weighted by Crippen LogP contribution is 2.19. The second kappa shape index (κ2) is 6.24. The number of hydrogen-bond donors (Lipinski definition) is 1. The fourth-order valence-corrected chi connectivity index (χ4v) is 2.54. The van der Waals surface area contributed by atoms with Crippen molar-refractivity contribution in [3.63, 3.8) is 0 Å². The number of carbonyl (C=O) groups is 2. The third kappa shape index (κ3) is 3.60. The Kier molecular flexibility index (Phi) is 4.60. The van der Waals surface area contributed by atoms with E-state index in [-0.39, 0.29) is 36.0 Å². The molecule has 1 aromatic carbocycles. The monoisotopic (exact) mass is 292 g/mol. The lowest BCUT2D eigenvalue weighted by Gasteiger charge is -2.30. The zero-order valence-corrected chi connectivity index (χ0v) is 12.6. The predicted molar refractivity (Wildman–Crippen MR) is 77.8 cm³/mol. The molecule has 1 aromatic rings. The molecule has 0 bridgehead atoms. The molecule has 0 aliphatic carbocycles. The summed E-state index contributed by atoms with van der Waals surface area (Å²) in [5.74, 6) is -0.447. The van der Waals surface area contributed by atoms with Crippen LogP contribution in [0.1, 0.15) is 32.8 Å². The Balaban J connectivity index is 2.23. The van der Waals surface area contributed by atoms with E-state index >= 15 is 0 Å². The van der Waals surface area contributed by atoms with Gasteiger partial charge in [-0.15, -0.1) is 0 Å². The number of nitrogens with one attached hydrogen (secondary N) is 1. The smallest absolute Gasteiger partial charge is 0.245 e. The first-order valence-corrected chi connectivity index (χ1v) is 7.22. The van der Waals surface area contributed by atoms with Crippen LogP contribution in [0, 0.1) is 11.7 Å². The van der Waals surface area contributed by atoms with Crippen molar-refractivity contribution in [3.8, 4) is 0 Å². The molecule has 1 aliphatic heterocycles. The van der Waals surface area contributed by atoms with Gasteiger partial charge in [0, 0.05) is 19.0 Å². The molecule has 114 valence electrons. The van der Waals surface area contributed by atoms with Gasteiger partial charge in [-0.3, -0.25) is 9.59 Å². The van der Waals surface area contributed by atoms with Gasteiger partial charge >= 0.3 is 0 Å². The van der Waals surface area contributed by atoms with Crippen LogP contribution in [0.4, 0.5) is 4.39 Å². The number of rotatable bonds is 3. The quantitative estimate of drug-likeness (QED) is 0.927. The van der Waals surface area contributed by atoms with Gasteiger partial charge in [-0.25, -0.2) is 4.39 Å². The van der Waals surface area contributed by atoms with Crippen molar-refractivity contribution in [1.82, 2.24) is 10.2 Å². The molecular weight excluding hydrogens is 271 g/mol. The molecule has 1 heterocycles. The molecule has 0 radical (unpaired) electrons. The van der Waals surface area contributed by atoms with Crippen LogP contribution in [0.15, 0.2) is 24.3 Å². The molecule has 0 saturated carbocycles. The highest BCUT2D eigenvalue weighted by atomic mass is 19.1. The number of carbonyl (C=O) groups excluding carboxylic acids is 2. The van der Waals surface area contributed by atoms with Crippen molar-refractivity contribution >= 4 is 11.8 Å². The Labute approximate surface area is 124 Å². The third-order valence-corrected chi connectivity index (χ3v) is 3.81. The topological polar surface area (TPSA) is 49.4 Å². The number of hydrogen-bond acceptors (Lipinski definition) is 2. The van der Waals surface area contributed by atoms with Crippen molar-refractivity contribution in [2.45, 2.75) is 45.8 Å². The lowest BCUT2D eigenvalue weighted by molar-refractivity contribution is -0.136. The Bertz CT molecular complexity index is 528. The minimum Gasteiger partial charge on any atom is -0.344 e. The number of benzene rings is 1. The highest BCUT2D eigenvalue weighted by molar-refractivity contribution is 5.90. The zero-order valence-electron chi connectivity index (χ0n) is 12.6. The lowest BCUT2D eigenvalue weighted by atomic mass is 10.0. The standard InChI is InChI=1S/C16H21FN2O2/c1-10(2)15-16(21)19(11(3)8-14(20)18-15)9-12-4-6-13(17)7-5-12/h4-7,10-11,15H,8-9H2,1-3H3,(H,18,20). The van der Waals surface area contributed by atoms with E-state index in [4.69, 9.17) is 0 Å². The van der Waals surface area contributed by atoms with E-state index in [2.05, 4.69) is 5.32 Å². The maximum absolute atomic E-state index is 13.0. The Hall–Kier alpha value is -1.91. The van der Waals surface area contributed by atoms with Crippen LogP contribution in [0.5, 0.6) is 0 Å². The Morgan fingerprint density at radius 3 is 2.48 bits per heavy atom. The normalized spacial score (nSPS) is 23.2. The van der Waals surface area contributed by atoms with E-state index in [1.807, 2.05) is 20.8 Å². The van der Waals surface area contributed by atoms with E-state index in [9.17, 15) is 14.0 Å². The summed E-state index contributed by atoms with van der Waals surface area (Å²) in [4.78, 5) is 26.2. The van der Waals surface area contributed by atoms with Crippen molar-refractivity contribution in [3.05, 3.63) is 35.6 Å². The molecule has 2 amide bonds. The molecule has 4 nitrogen and oxygen atoms in total. The average molecular weight is 292 g/mol. The lowest BCUT2D eigenvalue weighted by Crippen LogP contribution is -2.48. The maximum atomic E-state index is 13.0. The minimum absolute atomic E-state index is 0.0301. The van der Waals surface area contributed by atoms with E-state index in [0.29, 0.717) is 6.54 Å². The molecule has 2 unspecified atom stereocenters. The summed E-state index contributed by atoms with van der Waals surface area (Å²) < 4.78 is 13.0. The van der Waals surface area contributed by atoms with E-state index in [0.717, 1.165) is 5.56 Å². The Morgan fingerprint density at radius 1 is 1.29 bits per heavy atom. The van der Waals surface area contributed by atoms with Gasteiger partial charge in [0.15, 0.2) is 0 Å². The van der Waals surface area contributed by atoms with Crippen LogP contribution < -0.4 is 5.32 Å². The first-order valence-electron chi connectivity index (χ1n) is 7.22. The number of halogens is 1. The number of amides is 2.